The minimum absolute atomic E-state index is 0.0905. The minimum atomic E-state index is -4.47. The smallest absolute Gasteiger partial charge is 0.416 e. The van der Waals surface area contributed by atoms with Crippen molar-refractivity contribution in [3.05, 3.63) is 53.6 Å². The molecule has 0 saturated carbocycles. The molecule has 2 aliphatic rings. The summed E-state index contributed by atoms with van der Waals surface area (Å²) in [6, 6.07) is 8.39. The van der Waals surface area contributed by atoms with Gasteiger partial charge in [-0.2, -0.15) is 13.2 Å². The molecule has 0 unspecified atom stereocenters. The van der Waals surface area contributed by atoms with Gasteiger partial charge in [-0.25, -0.2) is 0 Å². The number of ether oxygens (including phenoxy) is 1. The predicted molar refractivity (Wildman–Crippen MR) is 106 cm³/mol. The molecule has 0 fully saturated rings. The van der Waals surface area contributed by atoms with Crippen LogP contribution in [0.3, 0.4) is 0 Å². The summed E-state index contributed by atoms with van der Waals surface area (Å²) < 4.78 is 44.5. The lowest BCUT2D eigenvalue weighted by atomic mass is 9.99. The molecule has 0 aliphatic carbocycles. The van der Waals surface area contributed by atoms with Crippen molar-refractivity contribution in [3.63, 3.8) is 0 Å². The first-order chi connectivity index (χ1) is 14.3. The fourth-order valence-corrected chi connectivity index (χ4v) is 3.45. The van der Waals surface area contributed by atoms with Crippen LogP contribution in [0.15, 0.2) is 42.5 Å². The Morgan fingerprint density at radius 1 is 1.20 bits per heavy atom. The Bertz CT molecular complexity index is 1050. The normalized spacial score (nSPS) is 17.0. The average Bonchev–Trinajstić information content (AvgIpc) is 2.89. The molecule has 6 nitrogen and oxygen atoms in total. The number of para-hydroxylation sites is 1. The first-order valence-electron chi connectivity index (χ1n) is 9.34. The molecule has 2 amide bonds. The Balaban J connectivity index is 1.61. The Labute approximate surface area is 170 Å². The van der Waals surface area contributed by atoms with E-state index in [-0.39, 0.29) is 24.8 Å². The zero-order chi connectivity index (χ0) is 21.3. The monoisotopic (exact) mass is 417 g/mol. The summed E-state index contributed by atoms with van der Waals surface area (Å²) >= 11 is 0. The number of carbonyl (C=O) groups is 2. The molecule has 156 valence electrons. The fourth-order valence-electron chi connectivity index (χ4n) is 3.45. The second-order valence-electron chi connectivity index (χ2n) is 6.95. The van der Waals surface area contributed by atoms with E-state index >= 15 is 0 Å². The standard InChI is InChI=1S/C21H18F3N3O3/c22-21(23,24)13-6-7-14-12(3-2-8-30-17(14)10-13)9-18(28)26-15-4-1-5-16-20(15)25-11-19(29)27-16/h1,4-7,9-10,25H,2-3,8,11H2,(H,26,28)(H,27,29)/b12-9+. The second kappa shape index (κ2) is 7.74. The molecule has 2 aromatic carbocycles. The molecule has 0 radical (unpaired) electrons. The van der Waals surface area contributed by atoms with Gasteiger partial charge in [0.25, 0.3) is 0 Å². The summed E-state index contributed by atoms with van der Waals surface area (Å²) in [7, 11) is 0. The minimum Gasteiger partial charge on any atom is -0.493 e. The van der Waals surface area contributed by atoms with Crippen LogP contribution in [-0.2, 0) is 15.8 Å². The Kier molecular flexibility index (Phi) is 5.11. The van der Waals surface area contributed by atoms with Gasteiger partial charge in [-0.1, -0.05) is 12.1 Å². The Morgan fingerprint density at radius 3 is 2.83 bits per heavy atom. The second-order valence-corrected chi connectivity index (χ2v) is 6.95. The maximum absolute atomic E-state index is 13.0. The van der Waals surface area contributed by atoms with Crippen LogP contribution >= 0.6 is 0 Å². The van der Waals surface area contributed by atoms with Crippen LogP contribution in [0.2, 0.25) is 0 Å². The van der Waals surface area contributed by atoms with Crippen LogP contribution in [0.25, 0.3) is 5.57 Å². The largest absolute Gasteiger partial charge is 0.493 e. The van der Waals surface area contributed by atoms with E-state index in [0.717, 1.165) is 12.1 Å². The lowest BCUT2D eigenvalue weighted by Gasteiger charge is -2.21. The third-order valence-corrected chi connectivity index (χ3v) is 4.83. The van der Waals surface area contributed by atoms with Crippen LogP contribution < -0.4 is 20.7 Å². The molecule has 0 aromatic heterocycles. The van der Waals surface area contributed by atoms with E-state index in [1.54, 1.807) is 18.2 Å². The van der Waals surface area contributed by atoms with Gasteiger partial charge >= 0.3 is 6.18 Å². The Hall–Kier alpha value is -3.49. The van der Waals surface area contributed by atoms with Crippen LogP contribution in [0.4, 0.5) is 30.2 Å². The lowest BCUT2D eigenvalue weighted by Crippen LogP contribution is -2.28. The summed E-state index contributed by atoms with van der Waals surface area (Å²) in [5.41, 5.74) is 1.92. The third-order valence-electron chi connectivity index (χ3n) is 4.83. The van der Waals surface area contributed by atoms with Gasteiger partial charge in [0, 0.05) is 11.6 Å². The van der Waals surface area contributed by atoms with Crippen LogP contribution in [0, 0.1) is 0 Å². The van der Waals surface area contributed by atoms with Crippen molar-refractivity contribution in [2.24, 2.45) is 0 Å². The SMILES string of the molecule is O=C(/C=C1\CCCOc2cc(C(F)(F)F)ccc21)Nc1cccc2c1NCC(=O)N2. The van der Waals surface area contributed by atoms with E-state index in [1.807, 2.05) is 0 Å². The lowest BCUT2D eigenvalue weighted by molar-refractivity contribution is -0.137. The van der Waals surface area contributed by atoms with Crippen molar-refractivity contribution < 1.29 is 27.5 Å². The van der Waals surface area contributed by atoms with Crippen molar-refractivity contribution in [3.8, 4) is 5.75 Å². The molecule has 0 saturated heterocycles. The highest BCUT2D eigenvalue weighted by atomic mass is 19.4. The maximum atomic E-state index is 13.0. The van der Waals surface area contributed by atoms with E-state index in [0.29, 0.717) is 41.0 Å². The van der Waals surface area contributed by atoms with Crippen LogP contribution in [-0.4, -0.2) is 25.0 Å². The molecule has 4 rings (SSSR count). The maximum Gasteiger partial charge on any atom is 0.416 e. The molecule has 9 heteroatoms. The quantitative estimate of drug-likeness (QED) is 0.638. The van der Waals surface area contributed by atoms with Crippen molar-refractivity contribution in [2.45, 2.75) is 19.0 Å². The number of rotatable bonds is 2. The third kappa shape index (κ3) is 4.10. The molecule has 2 aromatic rings. The van der Waals surface area contributed by atoms with E-state index in [4.69, 9.17) is 4.74 Å². The van der Waals surface area contributed by atoms with E-state index in [9.17, 15) is 22.8 Å². The number of carbonyl (C=O) groups excluding carboxylic acids is 2. The number of amides is 2. The zero-order valence-corrected chi connectivity index (χ0v) is 15.7. The van der Waals surface area contributed by atoms with Crippen molar-refractivity contribution >= 4 is 34.4 Å². The van der Waals surface area contributed by atoms with Crippen molar-refractivity contribution in [2.75, 3.05) is 29.1 Å². The number of hydrogen-bond donors (Lipinski definition) is 3. The molecule has 2 heterocycles. The van der Waals surface area contributed by atoms with Gasteiger partial charge in [0.2, 0.25) is 11.8 Å². The molecule has 2 aliphatic heterocycles. The zero-order valence-electron chi connectivity index (χ0n) is 15.7. The van der Waals surface area contributed by atoms with Gasteiger partial charge in [0.1, 0.15) is 5.75 Å². The van der Waals surface area contributed by atoms with Gasteiger partial charge < -0.3 is 20.7 Å². The summed E-state index contributed by atoms with van der Waals surface area (Å²) in [6.07, 6.45) is -2.03. The number of alkyl halides is 3. The topological polar surface area (TPSA) is 79.5 Å². The molecule has 3 N–H and O–H groups in total. The van der Waals surface area contributed by atoms with E-state index in [1.165, 1.54) is 12.1 Å². The number of halogens is 3. The number of nitrogens with one attached hydrogen (secondary N) is 3. The van der Waals surface area contributed by atoms with Crippen LogP contribution in [0.1, 0.15) is 24.0 Å². The molecule has 0 bridgehead atoms. The van der Waals surface area contributed by atoms with Gasteiger partial charge in [0.15, 0.2) is 0 Å². The van der Waals surface area contributed by atoms with E-state index in [2.05, 4.69) is 16.0 Å². The summed E-state index contributed by atoms with van der Waals surface area (Å²) in [5, 5.41) is 8.45. The summed E-state index contributed by atoms with van der Waals surface area (Å²) in [6.45, 7) is 0.357. The highest BCUT2D eigenvalue weighted by Crippen LogP contribution is 2.38. The number of benzene rings is 2. The average molecular weight is 417 g/mol. The first kappa shape index (κ1) is 19.8. The summed E-state index contributed by atoms with van der Waals surface area (Å²) in [4.78, 5) is 24.2. The number of anilines is 3. The van der Waals surface area contributed by atoms with Crippen LogP contribution in [0.5, 0.6) is 5.75 Å². The Morgan fingerprint density at radius 2 is 2.03 bits per heavy atom. The predicted octanol–water partition coefficient (Wildman–Crippen LogP) is 4.26. The highest BCUT2D eigenvalue weighted by Gasteiger charge is 2.32. The molecular formula is C21H18F3N3O3. The molecular weight excluding hydrogens is 399 g/mol. The van der Waals surface area contributed by atoms with Crippen molar-refractivity contribution in [1.82, 2.24) is 0 Å². The molecule has 0 spiro atoms. The summed E-state index contributed by atoms with van der Waals surface area (Å²) in [5.74, 6) is -0.492. The van der Waals surface area contributed by atoms with Gasteiger partial charge in [-0.15, -0.1) is 0 Å². The van der Waals surface area contributed by atoms with Gasteiger partial charge in [0.05, 0.1) is 35.8 Å². The number of hydrogen-bond acceptors (Lipinski definition) is 4. The first-order valence-corrected chi connectivity index (χ1v) is 9.34. The molecule has 30 heavy (non-hydrogen) atoms. The highest BCUT2D eigenvalue weighted by molar-refractivity contribution is 6.09. The number of fused-ring (bicyclic) bond motifs is 2. The number of allylic oxidation sites excluding steroid dienone is 1. The van der Waals surface area contributed by atoms with Gasteiger partial charge in [-0.3, -0.25) is 9.59 Å². The van der Waals surface area contributed by atoms with Crippen molar-refractivity contribution in [1.29, 1.82) is 0 Å². The molecule has 0 atom stereocenters. The fraction of sp³-hybridized carbons (Fsp3) is 0.238. The van der Waals surface area contributed by atoms with Gasteiger partial charge in [-0.05, 0) is 42.7 Å². The van der Waals surface area contributed by atoms with E-state index < -0.39 is 17.6 Å².